The Morgan fingerprint density at radius 1 is 1.32 bits per heavy atom. The molecule has 1 fully saturated rings. The fraction of sp³-hybridized carbons (Fsp3) is 0.500. The minimum atomic E-state index is 0.00350. The van der Waals surface area contributed by atoms with E-state index < -0.39 is 0 Å². The molecule has 3 rings (SSSR count). The summed E-state index contributed by atoms with van der Waals surface area (Å²) in [4.78, 5) is 18.7. The van der Waals surface area contributed by atoms with Crippen molar-refractivity contribution in [3.05, 3.63) is 54.1 Å². The Balaban J connectivity index is 1.42. The van der Waals surface area contributed by atoms with Crippen molar-refractivity contribution in [2.24, 2.45) is 5.92 Å². The first-order chi connectivity index (χ1) is 12.2. The maximum atomic E-state index is 12.2. The fourth-order valence-electron chi connectivity index (χ4n) is 3.43. The molecule has 1 N–H and O–H groups in total. The van der Waals surface area contributed by atoms with Crippen LogP contribution in [-0.2, 0) is 13.1 Å². The summed E-state index contributed by atoms with van der Waals surface area (Å²) in [5.74, 6) is 0.796. The molecule has 0 radical (unpaired) electrons. The van der Waals surface area contributed by atoms with Gasteiger partial charge < -0.3 is 9.88 Å². The van der Waals surface area contributed by atoms with Gasteiger partial charge in [0.25, 0.3) is 5.91 Å². The molecular weight excluding hydrogens is 312 g/mol. The van der Waals surface area contributed by atoms with Gasteiger partial charge in [0, 0.05) is 44.1 Å². The lowest BCUT2D eigenvalue weighted by molar-refractivity contribution is 0.0952. The molecule has 1 saturated heterocycles. The predicted octanol–water partition coefficient (Wildman–Crippen LogP) is 2.94. The molecule has 2 aromatic rings. The van der Waals surface area contributed by atoms with Crippen LogP contribution in [-0.4, -0.2) is 40.0 Å². The summed E-state index contributed by atoms with van der Waals surface area (Å²) in [6, 6.07) is 8.04. The Bertz CT molecular complexity index is 651. The van der Waals surface area contributed by atoms with Crippen LogP contribution in [0.2, 0.25) is 0 Å². The number of benzene rings is 1. The van der Waals surface area contributed by atoms with Crippen LogP contribution in [0.5, 0.6) is 0 Å². The van der Waals surface area contributed by atoms with E-state index in [0.29, 0.717) is 6.54 Å². The summed E-state index contributed by atoms with van der Waals surface area (Å²) < 4.78 is 2.02. The highest BCUT2D eigenvalue weighted by Crippen LogP contribution is 2.18. The van der Waals surface area contributed by atoms with E-state index in [2.05, 4.69) is 34.3 Å². The maximum Gasteiger partial charge on any atom is 0.251 e. The highest BCUT2D eigenvalue weighted by molar-refractivity contribution is 5.94. The fourth-order valence-corrected chi connectivity index (χ4v) is 3.43. The minimum Gasteiger partial charge on any atom is -0.352 e. The lowest BCUT2D eigenvalue weighted by Gasteiger charge is -2.30. The van der Waals surface area contributed by atoms with Crippen LogP contribution < -0.4 is 5.32 Å². The Kier molecular flexibility index (Phi) is 6.23. The quantitative estimate of drug-likeness (QED) is 0.789. The number of amides is 1. The number of imidazole rings is 1. The molecule has 134 valence electrons. The monoisotopic (exact) mass is 340 g/mol. The third-order valence-electron chi connectivity index (χ3n) is 4.80. The predicted molar refractivity (Wildman–Crippen MR) is 99.3 cm³/mol. The summed E-state index contributed by atoms with van der Waals surface area (Å²) >= 11 is 0. The van der Waals surface area contributed by atoms with Gasteiger partial charge in [-0.3, -0.25) is 9.69 Å². The van der Waals surface area contributed by atoms with Gasteiger partial charge in [-0.25, -0.2) is 4.98 Å². The number of hydrogen-bond acceptors (Lipinski definition) is 3. The van der Waals surface area contributed by atoms with E-state index in [-0.39, 0.29) is 5.91 Å². The first kappa shape index (κ1) is 17.7. The van der Waals surface area contributed by atoms with Gasteiger partial charge in [0.15, 0.2) is 0 Å². The van der Waals surface area contributed by atoms with Crippen molar-refractivity contribution in [2.75, 3.05) is 19.6 Å². The molecule has 1 aliphatic heterocycles. The van der Waals surface area contributed by atoms with Gasteiger partial charge >= 0.3 is 0 Å². The van der Waals surface area contributed by atoms with Crippen LogP contribution in [0, 0.1) is 5.92 Å². The Hall–Kier alpha value is -2.14. The van der Waals surface area contributed by atoms with Gasteiger partial charge in [-0.05, 0) is 49.4 Å². The van der Waals surface area contributed by atoms with Crippen LogP contribution in [0.4, 0.5) is 0 Å². The van der Waals surface area contributed by atoms with E-state index in [1.807, 2.05) is 22.9 Å². The molecule has 1 aliphatic rings. The van der Waals surface area contributed by atoms with E-state index in [0.717, 1.165) is 31.0 Å². The van der Waals surface area contributed by atoms with Crippen LogP contribution in [0.25, 0.3) is 0 Å². The molecule has 25 heavy (non-hydrogen) atoms. The van der Waals surface area contributed by atoms with Crippen molar-refractivity contribution >= 4 is 5.91 Å². The molecule has 0 saturated carbocycles. The zero-order valence-corrected chi connectivity index (χ0v) is 15.0. The topological polar surface area (TPSA) is 50.2 Å². The number of rotatable bonds is 7. The summed E-state index contributed by atoms with van der Waals surface area (Å²) in [5.41, 5.74) is 2.02. The molecule has 1 aromatic carbocycles. The highest BCUT2D eigenvalue weighted by atomic mass is 16.1. The number of likely N-dealkylation sites (tertiary alicyclic amines) is 1. The second-order valence-electron chi connectivity index (χ2n) is 7.09. The van der Waals surface area contributed by atoms with Crippen LogP contribution in [0.3, 0.4) is 0 Å². The number of hydrogen-bond donors (Lipinski definition) is 1. The van der Waals surface area contributed by atoms with Gasteiger partial charge in [0.1, 0.15) is 0 Å². The lowest BCUT2D eigenvalue weighted by Crippen LogP contribution is -2.33. The van der Waals surface area contributed by atoms with Crippen molar-refractivity contribution in [1.82, 2.24) is 19.8 Å². The molecule has 5 nitrogen and oxygen atoms in total. The molecule has 1 atom stereocenters. The Morgan fingerprint density at radius 3 is 2.88 bits per heavy atom. The van der Waals surface area contributed by atoms with Crippen molar-refractivity contribution in [1.29, 1.82) is 0 Å². The second kappa shape index (κ2) is 8.81. The van der Waals surface area contributed by atoms with E-state index in [1.165, 1.54) is 31.5 Å². The number of aryl methyl sites for hydroxylation is 1. The third-order valence-corrected chi connectivity index (χ3v) is 4.80. The molecule has 0 bridgehead atoms. The zero-order valence-electron chi connectivity index (χ0n) is 15.0. The number of piperidine rings is 1. The van der Waals surface area contributed by atoms with Crippen molar-refractivity contribution in [3.8, 4) is 0 Å². The molecule has 2 heterocycles. The number of carbonyl (C=O) groups excluding carboxylic acids is 1. The van der Waals surface area contributed by atoms with Crippen molar-refractivity contribution < 1.29 is 4.79 Å². The van der Waals surface area contributed by atoms with Crippen molar-refractivity contribution in [3.63, 3.8) is 0 Å². The number of aromatic nitrogens is 2. The molecule has 0 spiro atoms. The third kappa shape index (κ3) is 5.43. The molecule has 1 amide bonds. The second-order valence-corrected chi connectivity index (χ2v) is 7.09. The van der Waals surface area contributed by atoms with Gasteiger partial charge in [-0.1, -0.05) is 19.1 Å². The summed E-state index contributed by atoms with van der Waals surface area (Å²) in [6.45, 7) is 7.21. The maximum absolute atomic E-state index is 12.2. The van der Waals surface area contributed by atoms with Gasteiger partial charge in [0.05, 0.1) is 6.33 Å². The van der Waals surface area contributed by atoms with Gasteiger partial charge in [-0.15, -0.1) is 0 Å². The molecule has 0 unspecified atom stereocenters. The smallest absolute Gasteiger partial charge is 0.251 e. The Morgan fingerprint density at radius 2 is 2.16 bits per heavy atom. The van der Waals surface area contributed by atoms with E-state index in [4.69, 9.17) is 0 Å². The molecule has 5 heteroatoms. The SMILES string of the molecule is C[C@H]1CCCN(Cc2ccc(C(=O)NCCCn3ccnc3)cc2)C1. The molecule has 1 aromatic heterocycles. The molecular formula is C20H28N4O. The Labute approximate surface area is 150 Å². The normalized spacial score (nSPS) is 18.2. The molecule has 0 aliphatic carbocycles. The number of nitrogens with one attached hydrogen (secondary N) is 1. The number of nitrogens with zero attached hydrogens (tertiary/aromatic N) is 3. The van der Waals surface area contributed by atoms with Gasteiger partial charge in [-0.2, -0.15) is 0 Å². The summed E-state index contributed by atoms with van der Waals surface area (Å²) in [6.07, 6.45) is 9.03. The summed E-state index contributed by atoms with van der Waals surface area (Å²) in [5, 5.41) is 2.98. The van der Waals surface area contributed by atoms with E-state index in [9.17, 15) is 4.79 Å². The average Bonchev–Trinajstić information content (AvgIpc) is 3.13. The van der Waals surface area contributed by atoms with Crippen LogP contribution in [0.15, 0.2) is 43.0 Å². The van der Waals surface area contributed by atoms with Crippen LogP contribution in [0.1, 0.15) is 42.1 Å². The largest absolute Gasteiger partial charge is 0.352 e. The first-order valence-electron chi connectivity index (χ1n) is 9.26. The summed E-state index contributed by atoms with van der Waals surface area (Å²) in [7, 11) is 0. The van der Waals surface area contributed by atoms with Gasteiger partial charge in [0.2, 0.25) is 0 Å². The zero-order chi connectivity index (χ0) is 17.5. The van der Waals surface area contributed by atoms with Crippen molar-refractivity contribution in [2.45, 2.75) is 39.3 Å². The van der Waals surface area contributed by atoms with Crippen LogP contribution >= 0.6 is 0 Å². The standard InChI is InChI=1S/C20H28N4O/c1-17-4-2-11-24(14-17)15-18-5-7-19(8-6-18)20(25)22-9-3-12-23-13-10-21-16-23/h5-8,10,13,16-17H,2-4,9,11-12,14-15H2,1H3,(H,22,25)/t17-/m0/s1. The average molecular weight is 340 g/mol. The highest BCUT2D eigenvalue weighted by Gasteiger charge is 2.16. The van der Waals surface area contributed by atoms with E-state index >= 15 is 0 Å². The minimum absolute atomic E-state index is 0.00350. The lowest BCUT2D eigenvalue weighted by atomic mass is 9.99. The first-order valence-corrected chi connectivity index (χ1v) is 9.26. The van der Waals surface area contributed by atoms with E-state index in [1.54, 1.807) is 12.5 Å². The number of carbonyl (C=O) groups is 1.